The Labute approximate surface area is 75.5 Å². The summed E-state index contributed by atoms with van der Waals surface area (Å²) in [6, 6.07) is 0. The summed E-state index contributed by atoms with van der Waals surface area (Å²) in [5, 5.41) is 11.4. The summed E-state index contributed by atoms with van der Waals surface area (Å²) in [6.45, 7) is 2.07. The highest BCUT2D eigenvalue weighted by atomic mass is 31.2. The Balaban J connectivity index is 3.91. The van der Waals surface area contributed by atoms with Crippen molar-refractivity contribution < 1.29 is 24.4 Å². The van der Waals surface area contributed by atoms with Crippen LogP contribution >= 0.6 is 7.60 Å². The Morgan fingerprint density at radius 2 is 2.08 bits per heavy atom. The highest BCUT2D eigenvalue weighted by molar-refractivity contribution is 7.52. The number of hydroxylamine groups is 2. The van der Waals surface area contributed by atoms with E-state index in [2.05, 4.69) is 5.32 Å². The number of carbonyl (C=O) groups excluding carboxylic acids is 1. The molecule has 1 unspecified atom stereocenters. The molecule has 0 aliphatic heterocycles. The number of hydrogen-bond donors (Lipinski definition) is 4. The number of carbonyl (C=O) groups is 1. The molecule has 0 fully saturated rings. The molecule has 0 spiro atoms. The maximum absolute atomic E-state index is 10.6. The van der Waals surface area contributed by atoms with E-state index in [4.69, 9.17) is 15.0 Å². The standard InChI is InChI=1S/C5H13N2O5P/c1-4(13(10,11)12)6-3-7(9)5(2)8/h4,6,9H,3H2,1-2H3,(H2,10,11,12). The molecular weight excluding hydrogens is 199 g/mol. The molecule has 7 nitrogen and oxygen atoms in total. The Morgan fingerprint density at radius 3 is 2.38 bits per heavy atom. The molecule has 0 aliphatic carbocycles. The van der Waals surface area contributed by atoms with Crippen LogP contribution in [0, 0.1) is 0 Å². The van der Waals surface area contributed by atoms with Gasteiger partial charge < -0.3 is 9.79 Å². The van der Waals surface area contributed by atoms with Gasteiger partial charge in [0.15, 0.2) is 0 Å². The van der Waals surface area contributed by atoms with Gasteiger partial charge in [0, 0.05) is 6.92 Å². The third-order valence-corrected chi connectivity index (χ3v) is 2.60. The van der Waals surface area contributed by atoms with Crippen LogP contribution in [-0.4, -0.2) is 38.4 Å². The van der Waals surface area contributed by atoms with Crippen LogP contribution in [-0.2, 0) is 9.36 Å². The van der Waals surface area contributed by atoms with Gasteiger partial charge in [-0.15, -0.1) is 0 Å². The van der Waals surface area contributed by atoms with Crippen LogP contribution in [0.5, 0.6) is 0 Å². The molecule has 13 heavy (non-hydrogen) atoms. The molecule has 1 atom stereocenters. The van der Waals surface area contributed by atoms with Crippen molar-refractivity contribution in [2.24, 2.45) is 0 Å². The highest BCUT2D eigenvalue weighted by Gasteiger charge is 2.23. The predicted octanol–water partition coefficient (Wildman–Crippen LogP) is -0.705. The van der Waals surface area contributed by atoms with Crippen molar-refractivity contribution in [2.75, 3.05) is 6.67 Å². The van der Waals surface area contributed by atoms with Crippen LogP contribution in [0.4, 0.5) is 0 Å². The van der Waals surface area contributed by atoms with Gasteiger partial charge in [0.1, 0.15) is 5.78 Å². The van der Waals surface area contributed by atoms with Crippen LogP contribution < -0.4 is 5.32 Å². The predicted molar refractivity (Wildman–Crippen MR) is 43.8 cm³/mol. The topological polar surface area (TPSA) is 110 Å². The lowest BCUT2D eigenvalue weighted by atomic mass is 10.6. The number of nitrogens with one attached hydrogen (secondary N) is 1. The zero-order valence-electron chi connectivity index (χ0n) is 7.34. The summed E-state index contributed by atoms with van der Waals surface area (Å²) in [5.74, 6) is -1.70. The maximum Gasteiger partial charge on any atom is 0.342 e. The fourth-order valence-corrected chi connectivity index (χ4v) is 0.768. The lowest BCUT2D eigenvalue weighted by Gasteiger charge is -2.18. The van der Waals surface area contributed by atoms with E-state index in [1.165, 1.54) is 6.92 Å². The fraction of sp³-hybridized carbons (Fsp3) is 0.800. The second-order valence-corrected chi connectivity index (χ2v) is 4.50. The van der Waals surface area contributed by atoms with Gasteiger partial charge in [0.2, 0.25) is 5.91 Å². The molecule has 0 aromatic rings. The van der Waals surface area contributed by atoms with Crippen molar-refractivity contribution in [3.8, 4) is 0 Å². The third kappa shape index (κ3) is 4.97. The van der Waals surface area contributed by atoms with E-state index in [1.54, 1.807) is 0 Å². The molecule has 0 aromatic heterocycles. The van der Waals surface area contributed by atoms with Crippen molar-refractivity contribution in [3.05, 3.63) is 0 Å². The van der Waals surface area contributed by atoms with Gasteiger partial charge in [-0.25, -0.2) is 5.06 Å². The zero-order chi connectivity index (χ0) is 10.6. The van der Waals surface area contributed by atoms with Gasteiger partial charge in [-0.1, -0.05) is 0 Å². The lowest BCUT2D eigenvalue weighted by Crippen LogP contribution is -2.39. The van der Waals surface area contributed by atoms with E-state index in [1.807, 2.05) is 0 Å². The molecule has 8 heteroatoms. The largest absolute Gasteiger partial charge is 0.342 e. The molecule has 4 N–H and O–H groups in total. The molecule has 0 rings (SSSR count). The Bertz CT molecular complexity index is 227. The van der Waals surface area contributed by atoms with Gasteiger partial charge in [0.05, 0.1) is 6.67 Å². The van der Waals surface area contributed by atoms with Gasteiger partial charge in [-0.05, 0) is 6.92 Å². The average molecular weight is 212 g/mol. The highest BCUT2D eigenvalue weighted by Crippen LogP contribution is 2.38. The van der Waals surface area contributed by atoms with Gasteiger partial charge in [-0.2, -0.15) is 0 Å². The first kappa shape index (κ1) is 12.5. The Kier molecular flexibility index (Phi) is 4.52. The zero-order valence-corrected chi connectivity index (χ0v) is 8.23. The Morgan fingerprint density at radius 1 is 1.62 bits per heavy atom. The van der Waals surface area contributed by atoms with Crippen molar-refractivity contribution in [2.45, 2.75) is 19.6 Å². The summed E-state index contributed by atoms with van der Waals surface area (Å²) < 4.78 is 10.6. The molecule has 0 heterocycles. The normalized spacial score (nSPS) is 13.9. The molecule has 0 aliphatic rings. The molecular formula is C5H13N2O5P. The molecule has 0 aromatic carbocycles. The van der Waals surface area contributed by atoms with Crippen molar-refractivity contribution in [1.29, 1.82) is 0 Å². The van der Waals surface area contributed by atoms with Crippen molar-refractivity contribution in [3.63, 3.8) is 0 Å². The first-order chi connectivity index (χ1) is 5.75. The lowest BCUT2D eigenvalue weighted by molar-refractivity contribution is -0.164. The summed E-state index contributed by atoms with van der Waals surface area (Å²) in [7, 11) is -4.20. The first-order valence-corrected chi connectivity index (χ1v) is 5.19. The molecule has 0 radical (unpaired) electrons. The van der Waals surface area contributed by atoms with Crippen LogP contribution in [0.3, 0.4) is 0 Å². The first-order valence-electron chi connectivity index (χ1n) is 3.50. The molecule has 78 valence electrons. The van der Waals surface area contributed by atoms with Crippen LogP contribution in [0.1, 0.15) is 13.8 Å². The average Bonchev–Trinajstić information content (AvgIpc) is 1.97. The van der Waals surface area contributed by atoms with Crippen molar-refractivity contribution >= 4 is 13.5 Å². The van der Waals surface area contributed by atoms with E-state index >= 15 is 0 Å². The summed E-state index contributed by atoms with van der Waals surface area (Å²) >= 11 is 0. The second-order valence-electron chi connectivity index (χ2n) is 2.55. The van der Waals surface area contributed by atoms with Gasteiger partial charge >= 0.3 is 7.60 Å². The number of rotatable bonds is 4. The molecule has 0 saturated carbocycles. The fourth-order valence-electron chi connectivity index (χ4n) is 0.449. The smallest absolute Gasteiger partial charge is 0.323 e. The van der Waals surface area contributed by atoms with Crippen LogP contribution in [0.15, 0.2) is 0 Å². The maximum atomic E-state index is 10.6. The third-order valence-electron chi connectivity index (χ3n) is 1.40. The van der Waals surface area contributed by atoms with E-state index in [0.29, 0.717) is 5.06 Å². The van der Waals surface area contributed by atoms with E-state index < -0.39 is 19.3 Å². The summed E-state index contributed by atoms with van der Waals surface area (Å²) in [5.41, 5.74) is 0. The minimum atomic E-state index is -4.20. The monoisotopic (exact) mass is 212 g/mol. The van der Waals surface area contributed by atoms with Gasteiger partial charge in [0.25, 0.3) is 0 Å². The quantitative estimate of drug-likeness (QED) is 0.212. The SMILES string of the molecule is CC(=O)N(O)CNC(C)P(=O)(O)O. The summed E-state index contributed by atoms with van der Waals surface area (Å²) in [6.07, 6.45) is 0. The number of hydrogen-bond acceptors (Lipinski definition) is 4. The molecule has 0 bridgehead atoms. The molecule has 1 amide bonds. The summed E-state index contributed by atoms with van der Waals surface area (Å²) in [4.78, 5) is 27.7. The van der Waals surface area contributed by atoms with Crippen molar-refractivity contribution in [1.82, 2.24) is 10.4 Å². The van der Waals surface area contributed by atoms with E-state index in [-0.39, 0.29) is 6.67 Å². The molecule has 0 saturated heterocycles. The minimum Gasteiger partial charge on any atom is -0.323 e. The van der Waals surface area contributed by atoms with E-state index in [0.717, 1.165) is 6.92 Å². The number of amides is 1. The van der Waals surface area contributed by atoms with Crippen LogP contribution in [0.2, 0.25) is 0 Å². The number of nitrogens with zero attached hydrogens (tertiary/aromatic N) is 1. The minimum absolute atomic E-state index is 0.318. The van der Waals surface area contributed by atoms with E-state index in [9.17, 15) is 9.36 Å². The van der Waals surface area contributed by atoms with Crippen LogP contribution in [0.25, 0.3) is 0 Å². The van der Waals surface area contributed by atoms with Gasteiger partial charge in [-0.3, -0.25) is 19.9 Å². The Hall–Kier alpha value is -0.460. The second kappa shape index (κ2) is 4.69.